The van der Waals surface area contributed by atoms with Crippen LogP contribution in [0.5, 0.6) is 5.75 Å². The summed E-state index contributed by atoms with van der Waals surface area (Å²) in [5.74, 6) is -1.54. The van der Waals surface area contributed by atoms with E-state index in [1.165, 1.54) is 42.2 Å². The summed E-state index contributed by atoms with van der Waals surface area (Å²) < 4.78 is 22.0. The molecular formula is C46H43N5O9S2. The van der Waals surface area contributed by atoms with Crippen molar-refractivity contribution in [1.82, 2.24) is 15.2 Å². The number of hydrogen-bond acceptors (Lipinski definition) is 14. The van der Waals surface area contributed by atoms with E-state index in [4.69, 9.17) is 28.8 Å². The van der Waals surface area contributed by atoms with Gasteiger partial charge in [0.15, 0.2) is 16.9 Å². The number of ether oxygens (including phenoxy) is 4. The van der Waals surface area contributed by atoms with Crippen LogP contribution in [0.1, 0.15) is 40.8 Å². The van der Waals surface area contributed by atoms with Crippen LogP contribution in [0.2, 0.25) is 0 Å². The number of thioether (sulfide) groups is 1. The molecule has 3 aliphatic rings. The summed E-state index contributed by atoms with van der Waals surface area (Å²) in [6, 6.07) is 36.2. The zero-order valence-electron chi connectivity index (χ0n) is 34.0. The van der Waals surface area contributed by atoms with Crippen molar-refractivity contribution in [3.8, 4) is 5.75 Å². The molecule has 5 aromatic rings. The molecule has 4 heterocycles. The number of fused-ring (bicyclic) bond motifs is 1. The van der Waals surface area contributed by atoms with Crippen LogP contribution in [0.25, 0.3) is 0 Å². The lowest BCUT2D eigenvalue weighted by Gasteiger charge is -2.50. The number of methoxy groups -OCH3 is 2. The van der Waals surface area contributed by atoms with E-state index >= 15 is 0 Å². The van der Waals surface area contributed by atoms with Gasteiger partial charge in [0.25, 0.3) is 11.8 Å². The Bertz CT molecular complexity index is 2390. The second-order valence-corrected chi connectivity index (χ2v) is 16.5. The van der Waals surface area contributed by atoms with Crippen LogP contribution in [-0.4, -0.2) is 90.1 Å². The molecule has 16 heteroatoms. The lowest BCUT2D eigenvalue weighted by molar-refractivity contribution is -0.154. The van der Waals surface area contributed by atoms with E-state index < -0.39 is 52.9 Å². The van der Waals surface area contributed by atoms with Crippen LogP contribution in [0.4, 0.5) is 5.13 Å². The number of rotatable bonds is 15. The van der Waals surface area contributed by atoms with Crippen LogP contribution in [0, 0.1) is 0 Å². The van der Waals surface area contributed by atoms with Gasteiger partial charge < -0.3 is 34.4 Å². The number of hydrogen-bond donors (Lipinski definition) is 2. The fourth-order valence-electron chi connectivity index (χ4n) is 7.90. The number of thiazole rings is 1. The Morgan fingerprint density at radius 3 is 2.08 bits per heavy atom. The van der Waals surface area contributed by atoms with Gasteiger partial charge in [-0.3, -0.25) is 14.5 Å². The van der Waals surface area contributed by atoms with Crippen molar-refractivity contribution in [2.24, 2.45) is 5.16 Å². The molecule has 2 N–H and O–H groups in total. The van der Waals surface area contributed by atoms with Gasteiger partial charge in [-0.25, -0.2) is 14.6 Å². The van der Waals surface area contributed by atoms with E-state index in [1.807, 2.05) is 54.6 Å². The molecule has 0 radical (unpaired) electrons. The molecule has 318 valence electrons. The first-order valence-electron chi connectivity index (χ1n) is 19.8. The Balaban J connectivity index is 1.04. The molecule has 8 rings (SSSR count). The molecule has 0 spiro atoms. The minimum absolute atomic E-state index is 0.0352. The van der Waals surface area contributed by atoms with Gasteiger partial charge >= 0.3 is 11.9 Å². The molecule has 2 amide bonds. The average molecular weight is 874 g/mol. The van der Waals surface area contributed by atoms with Crippen molar-refractivity contribution in [1.29, 1.82) is 0 Å². The summed E-state index contributed by atoms with van der Waals surface area (Å²) >= 11 is 2.65. The topological polar surface area (TPSA) is 167 Å². The van der Waals surface area contributed by atoms with Crippen molar-refractivity contribution < 1.29 is 43.0 Å². The Labute approximate surface area is 366 Å². The predicted octanol–water partition coefficient (Wildman–Crippen LogP) is 6.02. The number of benzene rings is 4. The average Bonchev–Trinajstić information content (AvgIpc) is 4.02. The molecule has 14 nitrogen and oxygen atoms in total. The van der Waals surface area contributed by atoms with E-state index in [9.17, 15) is 19.2 Å². The van der Waals surface area contributed by atoms with Crippen LogP contribution < -0.4 is 15.4 Å². The number of aromatic nitrogens is 1. The summed E-state index contributed by atoms with van der Waals surface area (Å²) in [5.41, 5.74) is 3.40. The predicted molar refractivity (Wildman–Crippen MR) is 233 cm³/mol. The Morgan fingerprint density at radius 1 is 0.871 bits per heavy atom. The fourth-order valence-corrected chi connectivity index (χ4v) is 10.1. The molecule has 4 atom stereocenters. The molecule has 0 unspecified atom stereocenters. The minimum atomic E-state index is -1.02. The van der Waals surface area contributed by atoms with Crippen molar-refractivity contribution in [3.05, 3.63) is 160 Å². The summed E-state index contributed by atoms with van der Waals surface area (Å²) in [7, 11) is 4.17. The summed E-state index contributed by atoms with van der Waals surface area (Å²) in [4.78, 5) is 65.8. The van der Waals surface area contributed by atoms with Gasteiger partial charge in [-0.15, -0.1) is 23.1 Å². The quantitative estimate of drug-likeness (QED) is 0.0414. The van der Waals surface area contributed by atoms with E-state index in [-0.39, 0.29) is 29.5 Å². The number of carbonyl (C=O) groups is 4. The molecule has 4 aromatic carbocycles. The van der Waals surface area contributed by atoms with Gasteiger partial charge in [-0.1, -0.05) is 108 Å². The molecule has 3 aliphatic heterocycles. The molecule has 2 saturated heterocycles. The third-order valence-electron chi connectivity index (χ3n) is 10.9. The first-order valence-corrected chi connectivity index (χ1v) is 21.7. The van der Waals surface area contributed by atoms with Gasteiger partial charge in [0.1, 0.15) is 47.8 Å². The van der Waals surface area contributed by atoms with Crippen LogP contribution in [0.3, 0.4) is 0 Å². The summed E-state index contributed by atoms with van der Waals surface area (Å²) in [5, 5.41) is 12.1. The second kappa shape index (κ2) is 18.6. The Morgan fingerprint density at radius 2 is 1.50 bits per heavy atom. The third-order valence-corrected chi connectivity index (χ3v) is 13.0. The monoisotopic (exact) mass is 873 g/mol. The molecule has 0 saturated carbocycles. The molecule has 0 bridgehead atoms. The normalized spacial score (nSPS) is 19.8. The standard InChI is InChI=1S/C46H43N5O9S2/c1-56-32-21-19-28(20-22-32)25-59-44(55)39-33(35-23-24-36(60-35)43(54)57-2)26-61-42-38(41(53)51(39)42)48-40(52)37(50-58-3)34-27-62-45(47-34)49-46(29-13-7-4-8-14-29,30-15-9-5-10-16-30)31-17-11-6-12-18-31/h4-22,27,35-36,38,42H,23-26H2,1-3H3,(H,47,49)(H,48,52)/b50-37-/t35-,36+,38-,42-/m1/s1. The smallest absolute Gasteiger partial charge is 0.355 e. The maximum atomic E-state index is 14.1. The van der Waals surface area contributed by atoms with E-state index in [1.54, 1.807) is 36.8 Å². The number of anilines is 1. The molecule has 62 heavy (non-hydrogen) atoms. The van der Waals surface area contributed by atoms with Gasteiger partial charge in [-0.05, 0) is 52.8 Å². The third kappa shape index (κ3) is 8.28. The number of nitrogens with one attached hydrogen (secondary N) is 2. The number of oxime groups is 1. The number of amides is 2. The summed E-state index contributed by atoms with van der Waals surface area (Å²) in [6.45, 7) is -0.0690. The maximum absolute atomic E-state index is 14.1. The highest BCUT2D eigenvalue weighted by atomic mass is 32.2. The molecule has 1 aromatic heterocycles. The maximum Gasteiger partial charge on any atom is 0.355 e. The van der Waals surface area contributed by atoms with Crippen molar-refractivity contribution in [3.63, 3.8) is 0 Å². The Kier molecular flexibility index (Phi) is 12.7. The van der Waals surface area contributed by atoms with Crippen LogP contribution in [0.15, 0.2) is 137 Å². The number of esters is 2. The fraction of sp³-hybridized carbons (Fsp3) is 0.261. The summed E-state index contributed by atoms with van der Waals surface area (Å²) in [6.07, 6.45) is -0.615. The van der Waals surface area contributed by atoms with Crippen LogP contribution >= 0.6 is 23.1 Å². The zero-order chi connectivity index (χ0) is 43.2. The van der Waals surface area contributed by atoms with Crippen molar-refractivity contribution in [2.45, 2.75) is 48.6 Å². The van der Waals surface area contributed by atoms with Gasteiger partial charge in [0, 0.05) is 11.1 Å². The van der Waals surface area contributed by atoms with Gasteiger partial charge in [0.2, 0.25) is 0 Å². The van der Waals surface area contributed by atoms with E-state index in [0.717, 1.165) is 16.7 Å². The highest BCUT2D eigenvalue weighted by Crippen LogP contribution is 2.44. The minimum Gasteiger partial charge on any atom is -0.497 e. The first-order chi connectivity index (χ1) is 30.2. The zero-order valence-corrected chi connectivity index (χ0v) is 35.7. The van der Waals surface area contributed by atoms with Crippen molar-refractivity contribution in [2.75, 3.05) is 32.4 Å². The first kappa shape index (κ1) is 42.2. The number of β-lactam (4-membered cyclic amide) rings is 1. The molecular weight excluding hydrogens is 831 g/mol. The van der Waals surface area contributed by atoms with E-state index in [2.05, 4.69) is 52.2 Å². The van der Waals surface area contributed by atoms with Crippen molar-refractivity contribution >= 4 is 57.7 Å². The van der Waals surface area contributed by atoms with Gasteiger partial charge in [-0.2, -0.15) is 0 Å². The second-order valence-electron chi connectivity index (χ2n) is 14.5. The lowest BCUT2D eigenvalue weighted by Crippen LogP contribution is -2.71. The lowest BCUT2D eigenvalue weighted by atomic mass is 9.77. The highest BCUT2D eigenvalue weighted by Gasteiger charge is 2.56. The molecule has 2 fully saturated rings. The SMILES string of the molecule is CO/N=C(\C(=O)N[C@@H]1C(=O)N2C(C(=O)OCc3ccc(OC)cc3)=C([C@H]3CC[C@@H](C(=O)OC)O3)CS[C@H]12)c1csc(NC(c2ccccc2)(c2ccccc2)c2ccccc2)n1. The van der Waals surface area contributed by atoms with E-state index in [0.29, 0.717) is 34.9 Å². The van der Waals surface area contributed by atoms with Gasteiger partial charge in [0.05, 0.1) is 20.3 Å². The number of nitrogens with zero attached hydrogens (tertiary/aromatic N) is 3. The Hall–Kier alpha value is -6.49. The van der Waals surface area contributed by atoms with Crippen LogP contribution in [-0.2, 0) is 50.4 Å². The molecule has 0 aliphatic carbocycles. The number of carbonyl (C=O) groups excluding carboxylic acids is 4. The highest BCUT2D eigenvalue weighted by molar-refractivity contribution is 8.00. The largest absolute Gasteiger partial charge is 0.497 e.